The van der Waals surface area contributed by atoms with Crippen molar-refractivity contribution in [1.29, 1.82) is 0 Å². The molecular weight excluding hydrogens is 230 g/mol. The van der Waals surface area contributed by atoms with Gasteiger partial charge in [-0.05, 0) is 38.9 Å². The Bertz CT molecular complexity index is 269. The standard InChI is InChI=1S/C13H25N3O2/c1-2-5-14-6-3-12(4-7-14)15-8-10-16(11-9-15)13(17)18/h12H,2-11H2,1H3,(H,17,18). The Morgan fingerprint density at radius 2 is 1.72 bits per heavy atom. The van der Waals surface area contributed by atoms with Crippen molar-refractivity contribution in [2.75, 3.05) is 45.8 Å². The zero-order valence-electron chi connectivity index (χ0n) is 11.3. The topological polar surface area (TPSA) is 47.0 Å². The fourth-order valence-electron chi connectivity index (χ4n) is 3.10. The molecule has 5 nitrogen and oxygen atoms in total. The van der Waals surface area contributed by atoms with E-state index in [1.807, 2.05) is 0 Å². The molecule has 104 valence electrons. The highest BCUT2D eigenvalue weighted by Crippen LogP contribution is 2.18. The molecule has 0 bridgehead atoms. The van der Waals surface area contributed by atoms with Gasteiger partial charge in [-0.15, -0.1) is 0 Å². The minimum Gasteiger partial charge on any atom is -0.465 e. The number of carbonyl (C=O) groups is 1. The van der Waals surface area contributed by atoms with Crippen LogP contribution < -0.4 is 0 Å². The van der Waals surface area contributed by atoms with E-state index in [0.29, 0.717) is 19.1 Å². The predicted molar refractivity (Wildman–Crippen MR) is 70.9 cm³/mol. The number of rotatable bonds is 3. The number of hydrogen-bond acceptors (Lipinski definition) is 3. The summed E-state index contributed by atoms with van der Waals surface area (Å²) in [5, 5.41) is 8.93. The summed E-state index contributed by atoms with van der Waals surface area (Å²) in [5.41, 5.74) is 0. The van der Waals surface area contributed by atoms with Gasteiger partial charge in [0, 0.05) is 32.2 Å². The second-order valence-electron chi connectivity index (χ2n) is 5.38. The van der Waals surface area contributed by atoms with Crippen molar-refractivity contribution in [2.45, 2.75) is 32.2 Å². The molecule has 18 heavy (non-hydrogen) atoms. The minimum atomic E-state index is -0.771. The molecule has 0 spiro atoms. The van der Waals surface area contributed by atoms with Crippen molar-refractivity contribution >= 4 is 6.09 Å². The maximum absolute atomic E-state index is 10.9. The van der Waals surface area contributed by atoms with Gasteiger partial charge in [-0.25, -0.2) is 4.79 Å². The van der Waals surface area contributed by atoms with Gasteiger partial charge < -0.3 is 14.9 Å². The molecule has 5 heteroatoms. The van der Waals surface area contributed by atoms with Gasteiger partial charge in [0.2, 0.25) is 0 Å². The molecule has 2 heterocycles. The summed E-state index contributed by atoms with van der Waals surface area (Å²) in [6, 6.07) is 0.675. The second-order valence-corrected chi connectivity index (χ2v) is 5.38. The van der Waals surface area contributed by atoms with E-state index in [1.54, 1.807) is 0 Å². The third-order valence-electron chi connectivity index (χ3n) is 4.20. The van der Waals surface area contributed by atoms with Crippen LogP contribution in [0.1, 0.15) is 26.2 Å². The Morgan fingerprint density at radius 3 is 2.22 bits per heavy atom. The van der Waals surface area contributed by atoms with Crippen molar-refractivity contribution in [1.82, 2.24) is 14.7 Å². The number of hydrogen-bond donors (Lipinski definition) is 1. The molecule has 0 aromatic rings. The summed E-state index contributed by atoms with van der Waals surface area (Å²) in [6.07, 6.45) is 2.95. The molecule has 2 saturated heterocycles. The van der Waals surface area contributed by atoms with Crippen LogP contribution in [0.2, 0.25) is 0 Å². The first-order valence-electron chi connectivity index (χ1n) is 7.15. The van der Waals surface area contributed by atoms with Crippen LogP contribution in [0.4, 0.5) is 4.79 Å². The van der Waals surface area contributed by atoms with Gasteiger partial charge in [-0.2, -0.15) is 0 Å². The van der Waals surface area contributed by atoms with Crippen LogP contribution in [-0.2, 0) is 0 Å². The minimum absolute atomic E-state index is 0.671. The third-order valence-corrected chi connectivity index (χ3v) is 4.20. The maximum atomic E-state index is 10.9. The Labute approximate surface area is 109 Å². The first-order valence-corrected chi connectivity index (χ1v) is 7.15. The Morgan fingerprint density at radius 1 is 1.11 bits per heavy atom. The van der Waals surface area contributed by atoms with Gasteiger partial charge in [0.1, 0.15) is 0 Å². The lowest BCUT2D eigenvalue weighted by Gasteiger charge is -2.42. The zero-order valence-corrected chi connectivity index (χ0v) is 11.3. The molecule has 0 radical (unpaired) electrons. The molecule has 0 unspecified atom stereocenters. The van der Waals surface area contributed by atoms with E-state index in [2.05, 4.69) is 16.7 Å². The summed E-state index contributed by atoms with van der Waals surface area (Å²) in [5.74, 6) is 0. The molecule has 0 aromatic heterocycles. The highest BCUT2D eigenvalue weighted by Gasteiger charge is 2.28. The highest BCUT2D eigenvalue weighted by atomic mass is 16.4. The van der Waals surface area contributed by atoms with E-state index in [4.69, 9.17) is 5.11 Å². The van der Waals surface area contributed by atoms with E-state index in [1.165, 1.54) is 43.8 Å². The lowest BCUT2D eigenvalue weighted by atomic mass is 10.0. The Kier molecular flexibility index (Phi) is 4.83. The van der Waals surface area contributed by atoms with Crippen LogP contribution in [0.25, 0.3) is 0 Å². The molecule has 0 aromatic carbocycles. The summed E-state index contributed by atoms with van der Waals surface area (Å²) in [7, 11) is 0. The molecule has 2 rings (SSSR count). The van der Waals surface area contributed by atoms with Gasteiger partial charge in [-0.3, -0.25) is 4.90 Å². The highest BCUT2D eigenvalue weighted by molar-refractivity contribution is 5.65. The van der Waals surface area contributed by atoms with Gasteiger partial charge in [-0.1, -0.05) is 6.92 Å². The summed E-state index contributed by atoms with van der Waals surface area (Å²) in [6.45, 7) is 9.02. The van der Waals surface area contributed by atoms with Crippen molar-refractivity contribution in [3.8, 4) is 0 Å². The number of piperazine rings is 1. The number of piperidine rings is 1. The second kappa shape index (κ2) is 6.38. The van der Waals surface area contributed by atoms with Crippen molar-refractivity contribution in [3.05, 3.63) is 0 Å². The van der Waals surface area contributed by atoms with Crippen molar-refractivity contribution < 1.29 is 9.90 Å². The van der Waals surface area contributed by atoms with Crippen LogP contribution in [0.5, 0.6) is 0 Å². The van der Waals surface area contributed by atoms with Gasteiger partial charge in [0.15, 0.2) is 0 Å². The first kappa shape index (κ1) is 13.6. The summed E-state index contributed by atoms with van der Waals surface area (Å²) < 4.78 is 0. The number of amides is 1. The molecular formula is C13H25N3O2. The maximum Gasteiger partial charge on any atom is 0.407 e. The molecule has 1 N–H and O–H groups in total. The normalized spacial score (nSPS) is 24.4. The molecule has 0 atom stereocenters. The van der Waals surface area contributed by atoms with Gasteiger partial charge in [0.05, 0.1) is 0 Å². The van der Waals surface area contributed by atoms with Crippen LogP contribution in [0.15, 0.2) is 0 Å². The molecule has 2 aliphatic rings. The van der Waals surface area contributed by atoms with E-state index in [0.717, 1.165) is 13.1 Å². The molecule has 1 amide bonds. The van der Waals surface area contributed by atoms with Gasteiger partial charge >= 0.3 is 6.09 Å². The van der Waals surface area contributed by atoms with E-state index >= 15 is 0 Å². The fourth-order valence-corrected chi connectivity index (χ4v) is 3.10. The predicted octanol–water partition coefficient (Wildman–Crippen LogP) is 1.16. The Hall–Kier alpha value is -0.810. The van der Waals surface area contributed by atoms with Gasteiger partial charge in [0.25, 0.3) is 0 Å². The fraction of sp³-hybridized carbons (Fsp3) is 0.923. The number of carboxylic acid groups (broad SMARTS) is 1. The zero-order chi connectivity index (χ0) is 13.0. The average Bonchev–Trinajstić information content (AvgIpc) is 2.40. The largest absolute Gasteiger partial charge is 0.465 e. The molecule has 2 fully saturated rings. The third kappa shape index (κ3) is 3.36. The summed E-state index contributed by atoms with van der Waals surface area (Å²) >= 11 is 0. The SMILES string of the molecule is CCCN1CCC(N2CCN(C(=O)O)CC2)CC1. The monoisotopic (exact) mass is 255 g/mol. The molecule has 0 saturated carbocycles. The van der Waals surface area contributed by atoms with E-state index < -0.39 is 6.09 Å². The molecule has 0 aliphatic carbocycles. The quantitative estimate of drug-likeness (QED) is 0.822. The molecule has 2 aliphatic heterocycles. The lowest BCUT2D eigenvalue weighted by Crippen LogP contribution is -2.54. The van der Waals surface area contributed by atoms with E-state index in [-0.39, 0.29) is 0 Å². The van der Waals surface area contributed by atoms with Crippen molar-refractivity contribution in [2.24, 2.45) is 0 Å². The van der Waals surface area contributed by atoms with Crippen LogP contribution >= 0.6 is 0 Å². The first-order chi connectivity index (χ1) is 8.70. The Balaban J connectivity index is 1.73. The summed E-state index contributed by atoms with van der Waals surface area (Å²) in [4.78, 5) is 17.4. The average molecular weight is 255 g/mol. The smallest absolute Gasteiger partial charge is 0.407 e. The van der Waals surface area contributed by atoms with Crippen LogP contribution in [0, 0.1) is 0 Å². The van der Waals surface area contributed by atoms with Crippen LogP contribution in [-0.4, -0.2) is 77.8 Å². The number of likely N-dealkylation sites (tertiary alicyclic amines) is 1. The lowest BCUT2D eigenvalue weighted by molar-refractivity contribution is 0.0578. The van der Waals surface area contributed by atoms with Crippen LogP contribution in [0.3, 0.4) is 0 Å². The number of nitrogens with zero attached hydrogens (tertiary/aromatic N) is 3. The van der Waals surface area contributed by atoms with E-state index in [9.17, 15) is 4.79 Å². The van der Waals surface area contributed by atoms with Crippen molar-refractivity contribution in [3.63, 3.8) is 0 Å².